The van der Waals surface area contributed by atoms with Gasteiger partial charge in [0.1, 0.15) is 25.0 Å². The van der Waals surface area contributed by atoms with E-state index in [1.165, 1.54) is 6.34 Å². The lowest BCUT2D eigenvalue weighted by Gasteiger charge is -2.25. The Labute approximate surface area is 273 Å². The summed E-state index contributed by atoms with van der Waals surface area (Å²) in [6, 6.07) is 13.2. The van der Waals surface area contributed by atoms with Gasteiger partial charge < -0.3 is 31.7 Å². The molecule has 0 spiro atoms. The van der Waals surface area contributed by atoms with E-state index in [9.17, 15) is 24.0 Å². The number of hydrogen-bond donors (Lipinski definition) is 6. The van der Waals surface area contributed by atoms with Crippen molar-refractivity contribution in [2.45, 2.75) is 51.8 Å². The van der Waals surface area contributed by atoms with Crippen LogP contribution in [0.3, 0.4) is 0 Å². The second kappa shape index (κ2) is 17.5. The summed E-state index contributed by atoms with van der Waals surface area (Å²) >= 11 is 1.83. The Hall–Kier alpha value is -4.74. The van der Waals surface area contributed by atoms with Crippen molar-refractivity contribution in [2.75, 3.05) is 11.9 Å². The highest BCUT2D eigenvalue weighted by atomic mass is 127. The van der Waals surface area contributed by atoms with Crippen LogP contribution < -0.4 is 32.4 Å². The van der Waals surface area contributed by atoms with Crippen LogP contribution in [0.25, 0.3) is 0 Å². The average molecular weight is 734 g/mol. The maximum Gasteiger partial charge on any atom is 0.435 e. The minimum absolute atomic E-state index is 0.0373. The second-order valence-electron chi connectivity index (χ2n) is 10.3. The van der Waals surface area contributed by atoms with Crippen LogP contribution in [0, 0.1) is 5.92 Å². The summed E-state index contributed by atoms with van der Waals surface area (Å²) in [5.41, 5.74) is 9.66. The summed E-state index contributed by atoms with van der Waals surface area (Å²) in [5.74, 6) is -1.59. The van der Waals surface area contributed by atoms with Gasteiger partial charge in [-0.1, -0.05) is 56.3 Å². The van der Waals surface area contributed by atoms with E-state index in [1.54, 1.807) is 38.1 Å². The third-order valence-electron chi connectivity index (χ3n) is 6.41. The van der Waals surface area contributed by atoms with Gasteiger partial charge >= 0.3 is 12.1 Å². The summed E-state index contributed by atoms with van der Waals surface area (Å²) in [4.78, 5) is 62.7. The summed E-state index contributed by atoms with van der Waals surface area (Å²) in [6.07, 6.45) is 1.21. The SMILES string of the molecule is CC(C)C(NC(=O)Cc1ccccc1)C(=O)NC(CCCNC(N)=O)C(=O)Nc1ccc(COC(=O)N2NC=NN=C2I)cc1. The van der Waals surface area contributed by atoms with Crippen LogP contribution in [0.4, 0.5) is 15.3 Å². The van der Waals surface area contributed by atoms with E-state index in [2.05, 4.69) is 36.9 Å². The van der Waals surface area contributed by atoms with Crippen LogP contribution in [0.5, 0.6) is 0 Å². The van der Waals surface area contributed by atoms with E-state index < -0.39 is 36.0 Å². The first-order valence-corrected chi connectivity index (χ1v) is 15.2. The monoisotopic (exact) mass is 733 g/mol. The molecule has 0 bridgehead atoms. The zero-order valence-corrected chi connectivity index (χ0v) is 26.9. The van der Waals surface area contributed by atoms with Gasteiger partial charge in [0, 0.05) is 34.8 Å². The van der Waals surface area contributed by atoms with Crippen LogP contribution in [-0.4, -0.2) is 63.7 Å². The second-order valence-corrected chi connectivity index (χ2v) is 11.2. The number of ether oxygens (including phenoxy) is 1. The van der Waals surface area contributed by atoms with Crippen molar-refractivity contribution in [3.05, 3.63) is 65.7 Å². The van der Waals surface area contributed by atoms with Gasteiger partial charge in [-0.3, -0.25) is 19.8 Å². The number of urea groups is 1. The molecule has 3 rings (SSSR count). The van der Waals surface area contributed by atoms with Crippen molar-refractivity contribution in [2.24, 2.45) is 21.9 Å². The van der Waals surface area contributed by atoms with Crippen molar-refractivity contribution < 1.29 is 28.7 Å². The number of nitrogens with zero attached hydrogens (tertiary/aromatic N) is 3. The van der Waals surface area contributed by atoms with Crippen molar-refractivity contribution >= 4 is 68.3 Å². The number of carbonyl (C=O) groups excluding carboxylic acids is 5. The van der Waals surface area contributed by atoms with Gasteiger partial charge in [0.15, 0.2) is 0 Å². The molecule has 0 saturated carbocycles. The van der Waals surface area contributed by atoms with Crippen LogP contribution in [0.15, 0.2) is 64.8 Å². The third-order valence-corrected chi connectivity index (χ3v) is 7.11. The maximum atomic E-state index is 13.3. The van der Waals surface area contributed by atoms with Crippen LogP contribution in [0.2, 0.25) is 0 Å². The molecule has 45 heavy (non-hydrogen) atoms. The molecule has 6 amide bonds. The van der Waals surface area contributed by atoms with Crippen LogP contribution in [-0.2, 0) is 32.1 Å². The minimum atomic E-state index is -0.982. The first-order chi connectivity index (χ1) is 21.5. The molecule has 15 nitrogen and oxygen atoms in total. The highest BCUT2D eigenvalue weighted by Crippen LogP contribution is 2.14. The third kappa shape index (κ3) is 11.7. The predicted octanol–water partition coefficient (Wildman–Crippen LogP) is 2.13. The van der Waals surface area contributed by atoms with E-state index in [1.807, 2.05) is 52.9 Å². The van der Waals surface area contributed by atoms with Gasteiger partial charge in [-0.2, -0.15) is 5.01 Å². The molecule has 1 aliphatic rings. The normalized spacial score (nSPS) is 13.5. The first-order valence-electron chi connectivity index (χ1n) is 14.1. The first kappa shape index (κ1) is 34.7. The van der Waals surface area contributed by atoms with Crippen LogP contribution in [0.1, 0.15) is 37.8 Å². The Kier molecular flexibility index (Phi) is 13.5. The Bertz CT molecular complexity index is 1400. The molecule has 1 heterocycles. The van der Waals surface area contributed by atoms with Gasteiger partial charge in [0.2, 0.25) is 21.6 Å². The van der Waals surface area contributed by atoms with E-state index in [0.717, 1.165) is 10.6 Å². The number of amidine groups is 1. The van der Waals surface area contributed by atoms with E-state index in [-0.39, 0.29) is 37.8 Å². The number of nitrogens with two attached hydrogens (primary N) is 1. The van der Waals surface area contributed by atoms with Gasteiger partial charge in [0.05, 0.1) is 6.42 Å². The molecule has 16 heteroatoms. The number of anilines is 1. The highest BCUT2D eigenvalue weighted by Gasteiger charge is 2.29. The zero-order chi connectivity index (χ0) is 32.8. The summed E-state index contributed by atoms with van der Waals surface area (Å²) in [7, 11) is 0. The summed E-state index contributed by atoms with van der Waals surface area (Å²) in [5, 5.41) is 19.3. The van der Waals surface area contributed by atoms with Gasteiger partial charge in [-0.15, -0.1) is 10.2 Å². The molecule has 7 N–H and O–H groups in total. The number of carbonyl (C=O) groups is 5. The lowest BCUT2D eigenvalue weighted by atomic mass is 10.0. The van der Waals surface area contributed by atoms with E-state index >= 15 is 0 Å². The number of nitrogens with one attached hydrogen (secondary N) is 5. The highest BCUT2D eigenvalue weighted by molar-refractivity contribution is 14.1. The molecular weight excluding hydrogens is 697 g/mol. The molecule has 2 aromatic carbocycles. The Balaban J connectivity index is 1.61. The molecule has 1 aliphatic heterocycles. The number of hydrogen-bond acceptors (Lipinski definition) is 9. The molecule has 2 aromatic rings. The quantitative estimate of drug-likeness (QED) is 0.0968. The summed E-state index contributed by atoms with van der Waals surface area (Å²) in [6.45, 7) is 3.76. The number of benzene rings is 2. The Morgan fingerprint density at radius 3 is 2.33 bits per heavy atom. The minimum Gasteiger partial charge on any atom is -0.443 e. The number of hydrazine groups is 1. The molecule has 0 saturated heterocycles. The number of amides is 6. The van der Waals surface area contributed by atoms with Crippen molar-refractivity contribution in [1.82, 2.24) is 26.4 Å². The van der Waals surface area contributed by atoms with E-state index in [0.29, 0.717) is 21.5 Å². The number of halogens is 1. The topological polar surface area (TPSA) is 209 Å². The van der Waals surface area contributed by atoms with Gasteiger partial charge in [-0.05, 0) is 42.0 Å². The molecule has 2 atom stereocenters. The Morgan fingerprint density at radius 2 is 1.69 bits per heavy atom. The van der Waals surface area contributed by atoms with Gasteiger partial charge in [0.25, 0.3) is 0 Å². The molecular formula is C29H36IN9O6. The Morgan fingerprint density at radius 1 is 0.978 bits per heavy atom. The van der Waals surface area contributed by atoms with Crippen molar-refractivity contribution in [3.63, 3.8) is 0 Å². The molecule has 2 unspecified atom stereocenters. The molecule has 0 fully saturated rings. The standard InChI is InChI=1S/C29H36IN9O6/c1-18(2)24(37-23(40)15-19-7-4-3-5-8-19)26(42)36-22(9-6-14-32-28(31)43)25(41)35-21-12-10-20(11-13-21)16-45-29(44)39-27(30)38-33-17-34-39/h3-5,7-8,10-13,17-18,22,24H,6,9,14-16H2,1-2H3,(H,33,34)(H,35,41)(H,36,42)(H,37,40)(H3,31,32,43). The molecule has 0 aliphatic carbocycles. The largest absolute Gasteiger partial charge is 0.443 e. The van der Waals surface area contributed by atoms with E-state index in [4.69, 9.17) is 10.5 Å². The van der Waals surface area contributed by atoms with Gasteiger partial charge in [-0.25, -0.2) is 9.59 Å². The zero-order valence-electron chi connectivity index (χ0n) is 24.8. The molecule has 0 aromatic heterocycles. The maximum absolute atomic E-state index is 13.3. The predicted molar refractivity (Wildman–Crippen MR) is 176 cm³/mol. The number of primary amides is 1. The van der Waals surface area contributed by atoms with Crippen LogP contribution >= 0.6 is 22.6 Å². The lowest BCUT2D eigenvalue weighted by Crippen LogP contribution is -2.54. The number of rotatable bonds is 14. The fourth-order valence-electron chi connectivity index (χ4n) is 4.10. The fraction of sp³-hybridized carbons (Fsp3) is 0.345. The fourth-order valence-corrected chi connectivity index (χ4v) is 4.56. The molecule has 0 radical (unpaired) electrons. The summed E-state index contributed by atoms with van der Waals surface area (Å²) < 4.78 is 5.58. The molecule has 240 valence electrons. The smallest absolute Gasteiger partial charge is 0.435 e. The van der Waals surface area contributed by atoms with Crippen molar-refractivity contribution in [3.8, 4) is 0 Å². The van der Waals surface area contributed by atoms with Crippen molar-refractivity contribution in [1.29, 1.82) is 0 Å². The average Bonchev–Trinajstić information content (AvgIpc) is 3.01. The lowest BCUT2D eigenvalue weighted by molar-refractivity contribution is -0.131.